The van der Waals surface area contributed by atoms with Crippen LogP contribution in [0.2, 0.25) is 0 Å². The molecule has 0 saturated carbocycles. The van der Waals surface area contributed by atoms with Gasteiger partial charge in [-0.1, -0.05) is 5.10 Å². The molecule has 13 heavy (non-hydrogen) atoms. The average molecular weight is 205 g/mol. The summed E-state index contributed by atoms with van der Waals surface area (Å²) in [6.45, 7) is 0.423. The van der Waals surface area contributed by atoms with Crippen molar-refractivity contribution in [1.82, 2.24) is 20.2 Å². The van der Waals surface area contributed by atoms with Crippen molar-refractivity contribution in [2.24, 2.45) is 0 Å². The summed E-state index contributed by atoms with van der Waals surface area (Å²) in [5, 5.41) is 10.4. The second kappa shape index (κ2) is 3.69. The molecular formula is C5H11N5O2S. The minimum absolute atomic E-state index is 0.117. The lowest BCUT2D eigenvalue weighted by molar-refractivity contribution is 0.568. The van der Waals surface area contributed by atoms with E-state index in [0.29, 0.717) is 13.0 Å². The minimum atomic E-state index is -2.91. The molecule has 0 aliphatic rings. The molecule has 7 nitrogen and oxygen atoms in total. The summed E-state index contributed by atoms with van der Waals surface area (Å²) in [6, 6.07) is 0. The third-order valence-electron chi connectivity index (χ3n) is 1.44. The van der Waals surface area contributed by atoms with Crippen LogP contribution in [0, 0.1) is 0 Å². The van der Waals surface area contributed by atoms with Crippen molar-refractivity contribution >= 4 is 15.8 Å². The largest absolute Gasteiger partial charge is 0.367 e. The van der Waals surface area contributed by atoms with Crippen LogP contribution in [-0.2, 0) is 16.4 Å². The highest BCUT2D eigenvalue weighted by Crippen LogP contribution is 1.96. The Labute approximate surface area is 75.8 Å². The van der Waals surface area contributed by atoms with Gasteiger partial charge in [-0.15, -0.1) is 0 Å². The third kappa shape index (κ3) is 3.36. The predicted octanol–water partition coefficient (Wildman–Crippen LogP) is -1.31. The van der Waals surface area contributed by atoms with Crippen LogP contribution < -0.4 is 5.73 Å². The molecule has 0 bridgehead atoms. The number of anilines is 1. The Kier molecular flexibility index (Phi) is 2.81. The maximum absolute atomic E-state index is 10.8. The number of hydrogen-bond acceptors (Lipinski definition) is 6. The molecule has 0 saturated heterocycles. The maximum atomic E-state index is 10.8. The summed E-state index contributed by atoms with van der Waals surface area (Å²) in [5.41, 5.74) is 5.37. The van der Waals surface area contributed by atoms with Crippen LogP contribution in [0.3, 0.4) is 0 Å². The van der Waals surface area contributed by atoms with Gasteiger partial charge in [0.15, 0.2) is 0 Å². The summed E-state index contributed by atoms with van der Waals surface area (Å²) in [6.07, 6.45) is 1.66. The number of nitrogen functional groups attached to an aromatic ring is 1. The number of nitrogens with zero attached hydrogens (tertiary/aromatic N) is 4. The quantitative estimate of drug-likeness (QED) is 0.654. The Bertz CT molecular complexity index is 370. The summed E-state index contributed by atoms with van der Waals surface area (Å²) in [7, 11) is -2.91. The number of rotatable bonds is 4. The van der Waals surface area contributed by atoms with Crippen molar-refractivity contribution in [2.75, 3.05) is 17.7 Å². The van der Waals surface area contributed by atoms with E-state index in [1.165, 1.54) is 10.9 Å². The van der Waals surface area contributed by atoms with E-state index in [1.807, 2.05) is 0 Å². The molecule has 0 fully saturated rings. The minimum Gasteiger partial charge on any atom is -0.367 e. The molecule has 0 unspecified atom stereocenters. The zero-order valence-electron chi connectivity index (χ0n) is 7.21. The molecule has 0 radical (unpaired) electrons. The van der Waals surface area contributed by atoms with Crippen molar-refractivity contribution in [1.29, 1.82) is 0 Å². The Hall–Kier alpha value is -1.18. The van der Waals surface area contributed by atoms with E-state index in [-0.39, 0.29) is 11.7 Å². The van der Waals surface area contributed by atoms with E-state index in [9.17, 15) is 8.42 Å². The van der Waals surface area contributed by atoms with Gasteiger partial charge in [0.2, 0.25) is 5.95 Å². The first-order valence-corrected chi connectivity index (χ1v) is 5.74. The van der Waals surface area contributed by atoms with Gasteiger partial charge in [0.25, 0.3) is 0 Å². The van der Waals surface area contributed by atoms with Gasteiger partial charge in [0, 0.05) is 12.8 Å². The van der Waals surface area contributed by atoms with Crippen LogP contribution >= 0.6 is 0 Å². The van der Waals surface area contributed by atoms with E-state index in [0.717, 1.165) is 0 Å². The molecule has 0 amide bonds. The lowest BCUT2D eigenvalue weighted by atomic mass is 10.5. The fourth-order valence-corrected chi connectivity index (χ4v) is 1.50. The van der Waals surface area contributed by atoms with Crippen LogP contribution in [0.1, 0.15) is 6.42 Å². The topological polar surface area (TPSA) is 104 Å². The van der Waals surface area contributed by atoms with E-state index in [4.69, 9.17) is 5.73 Å². The van der Waals surface area contributed by atoms with Gasteiger partial charge in [0.1, 0.15) is 9.84 Å². The van der Waals surface area contributed by atoms with E-state index in [2.05, 4.69) is 15.5 Å². The summed E-state index contributed by atoms with van der Waals surface area (Å²) in [5.74, 6) is 0.320. The Morgan fingerprint density at radius 2 is 2.23 bits per heavy atom. The number of aromatic nitrogens is 4. The summed E-state index contributed by atoms with van der Waals surface area (Å²) in [4.78, 5) is 0. The molecule has 1 heterocycles. The fourth-order valence-electron chi connectivity index (χ4n) is 0.847. The number of sulfone groups is 1. The maximum Gasteiger partial charge on any atom is 0.240 e. The smallest absolute Gasteiger partial charge is 0.240 e. The van der Waals surface area contributed by atoms with Crippen molar-refractivity contribution in [3.8, 4) is 0 Å². The molecule has 8 heteroatoms. The van der Waals surface area contributed by atoms with Crippen molar-refractivity contribution in [3.05, 3.63) is 0 Å². The van der Waals surface area contributed by atoms with Crippen LogP contribution in [0.4, 0.5) is 5.95 Å². The highest BCUT2D eigenvalue weighted by Gasteiger charge is 2.04. The first-order valence-electron chi connectivity index (χ1n) is 3.68. The van der Waals surface area contributed by atoms with Crippen LogP contribution in [0.5, 0.6) is 0 Å². The lowest BCUT2D eigenvalue weighted by Gasteiger charge is -1.99. The third-order valence-corrected chi connectivity index (χ3v) is 2.47. The molecule has 1 aromatic rings. The molecule has 0 aliphatic heterocycles. The van der Waals surface area contributed by atoms with E-state index >= 15 is 0 Å². The van der Waals surface area contributed by atoms with E-state index < -0.39 is 9.84 Å². The number of hydrogen-bond donors (Lipinski definition) is 1. The normalized spacial score (nSPS) is 11.8. The molecule has 74 valence electrons. The second-order valence-electron chi connectivity index (χ2n) is 2.74. The van der Waals surface area contributed by atoms with Gasteiger partial charge < -0.3 is 5.73 Å². The second-order valence-corrected chi connectivity index (χ2v) is 5.00. The Balaban J connectivity index is 2.41. The van der Waals surface area contributed by atoms with Gasteiger partial charge in [-0.25, -0.2) is 13.1 Å². The monoisotopic (exact) mass is 205 g/mol. The summed E-state index contributed by atoms with van der Waals surface area (Å²) < 4.78 is 22.9. The Morgan fingerprint density at radius 1 is 1.54 bits per heavy atom. The van der Waals surface area contributed by atoms with Crippen molar-refractivity contribution in [3.63, 3.8) is 0 Å². The molecule has 2 N–H and O–H groups in total. The van der Waals surface area contributed by atoms with Crippen LogP contribution in [0.25, 0.3) is 0 Å². The van der Waals surface area contributed by atoms with Gasteiger partial charge >= 0.3 is 0 Å². The summed E-state index contributed by atoms with van der Waals surface area (Å²) >= 11 is 0. The molecule has 0 aliphatic carbocycles. The van der Waals surface area contributed by atoms with Crippen LogP contribution in [0.15, 0.2) is 0 Å². The highest BCUT2D eigenvalue weighted by atomic mass is 32.2. The highest BCUT2D eigenvalue weighted by molar-refractivity contribution is 7.90. The van der Waals surface area contributed by atoms with Gasteiger partial charge in [0.05, 0.1) is 5.75 Å². The number of nitrogens with two attached hydrogens (primary N) is 1. The van der Waals surface area contributed by atoms with Crippen molar-refractivity contribution in [2.45, 2.75) is 13.0 Å². The fraction of sp³-hybridized carbons (Fsp3) is 0.800. The zero-order valence-corrected chi connectivity index (χ0v) is 8.03. The molecule has 1 rings (SSSR count). The molecule has 0 aromatic carbocycles. The first kappa shape index (κ1) is 9.90. The predicted molar refractivity (Wildman–Crippen MR) is 46.6 cm³/mol. The van der Waals surface area contributed by atoms with E-state index in [1.54, 1.807) is 0 Å². The van der Waals surface area contributed by atoms with Gasteiger partial charge in [-0.2, -0.15) is 0 Å². The van der Waals surface area contributed by atoms with Gasteiger partial charge in [-0.05, 0) is 16.8 Å². The molecule has 1 aromatic heterocycles. The Morgan fingerprint density at radius 3 is 2.69 bits per heavy atom. The SMILES string of the molecule is CS(=O)(=O)CCCn1nnnc1N. The average Bonchev–Trinajstić information content (AvgIpc) is 2.34. The number of aryl methyl sites for hydroxylation is 1. The lowest BCUT2D eigenvalue weighted by Crippen LogP contribution is -2.10. The van der Waals surface area contributed by atoms with Gasteiger partial charge in [-0.3, -0.25) is 0 Å². The van der Waals surface area contributed by atoms with Crippen molar-refractivity contribution < 1.29 is 8.42 Å². The molecule has 0 spiro atoms. The zero-order chi connectivity index (χ0) is 9.90. The molecule has 0 atom stereocenters. The number of tetrazole rings is 1. The molecular weight excluding hydrogens is 194 g/mol. The first-order chi connectivity index (χ1) is 5.99. The standard InChI is InChI=1S/C5H11N5O2S/c1-13(11,12)4-2-3-10-5(6)7-8-9-10/h2-4H2,1H3,(H2,6,7,9). The van der Waals surface area contributed by atoms with Crippen LogP contribution in [-0.4, -0.2) is 40.6 Å².